The van der Waals surface area contributed by atoms with E-state index in [4.69, 9.17) is 5.73 Å². The van der Waals surface area contributed by atoms with Crippen LogP contribution in [0.5, 0.6) is 0 Å². The first-order valence-electron chi connectivity index (χ1n) is 12.2. The van der Waals surface area contributed by atoms with Crippen LogP contribution in [0.4, 0.5) is 11.5 Å². The van der Waals surface area contributed by atoms with Crippen LogP contribution in [0.15, 0.2) is 42.7 Å². The first kappa shape index (κ1) is 22.7. The van der Waals surface area contributed by atoms with E-state index in [2.05, 4.69) is 32.0 Å². The van der Waals surface area contributed by atoms with Gasteiger partial charge in [-0.1, -0.05) is 18.2 Å². The highest BCUT2D eigenvalue weighted by molar-refractivity contribution is 5.98. The third-order valence-electron chi connectivity index (χ3n) is 7.94. The number of fused-ring (bicyclic) bond motifs is 3. The molecule has 2 bridgehead atoms. The van der Waals surface area contributed by atoms with Crippen molar-refractivity contribution in [3.05, 3.63) is 54.0 Å². The number of nitrogens with two attached hydrogens (primary N) is 1. The Balaban J connectivity index is 1.19. The number of nitrogens with one attached hydrogen (secondary N) is 3. The number of hydrogen-bond donors (Lipinski definition) is 4. The van der Waals surface area contributed by atoms with Crippen molar-refractivity contribution < 1.29 is 9.59 Å². The molecule has 3 saturated carbocycles. The molecule has 4 aliphatic rings. The number of anilines is 2. The van der Waals surface area contributed by atoms with E-state index in [1.54, 1.807) is 12.4 Å². The molecule has 2 aromatic rings. The number of aromatic nitrogens is 2. The monoisotopic (exact) mass is 460 g/mol. The van der Waals surface area contributed by atoms with Crippen molar-refractivity contribution in [1.82, 2.24) is 15.3 Å². The lowest BCUT2D eigenvalue weighted by Crippen LogP contribution is -2.52. The third-order valence-corrected chi connectivity index (χ3v) is 7.94. The van der Waals surface area contributed by atoms with Crippen LogP contribution in [0.3, 0.4) is 0 Å². The van der Waals surface area contributed by atoms with Crippen LogP contribution in [-0.4, -0.2) is 34.9 Å². The largest absolute Gasteiger partial charge is 0.326 e. The van der Waals surface area contributed by atoms with Gasteiger partial charge in [0, 0.05) is 29.6 Å². The quantitative estimate of drug-likeness (QED) is 0.525. The maximum Gasteiger partial charge on any atom is 0.231 e. The Kier molecular flexibility index (Phi) is 6.18. The Labute approximate surface area is 199 Å². The molecule has 1 aliphatic heterocycles. The van der Waals surface area contributed by atoms with E-state index in [0.29, 0.717) is 31.6 Å². The molecule has 8 heteroatoms. The molecule has 0 spiro atoms. The predicted molar refractivity (Wildman–Crippen MR) is 132 cm³/mol. The van der Waals surface area contributed by atoms with Crippen LogP contribution in [0, 0.1) is 10.8 Å². The molecule has 0 atom stereocenters. The van der Waals surface area contributed by atoms with Crippen molar-refractivity contribution in [2.75, 3.05) is 23.7 Å². The van der Waals surface area contributed by atoms with E-state index in [0.717, 1.165) is 55.7 Å². The molecule has 3 aliphatic carbocycles. The van der Waals surface area contributed by atoms with Gasteiger partial charge in [0.1, 0.15) is 0 Å². The zero-order valence-corrected chi connectivity index (χ0v) is 19.4. The van der Waals surface area contributed by atoms with E-state index in [1.165, 1.54) is 5.57 Å². The van der Waals surface area contributed by atoms with Gasteiger partial charge in [0.25, 0.3) is 0 Å². The molecular formula is C26H32N6O2. The highest BCUT2D eigenvalue weighted by atomic mass is 16.2. The second kappa shape index (κ2) is 9.27. The number of amides is 2. The van der Waals surface area contributed by atoms with E-state index in [-0.39, 0.29) is 11.8 Å². The third kappa shape index (κ3) is 4.35. The molecular weight excluding hydrogens is 428 g/mol. The first-order valence-corrected chi connectivity index (χ1v) is 12.2. The SMILES string of the molecule is NCc1ccc(NC(=O)C23CCC(C(=O)Nc4cnc(C5=CCNCC5)cn4)(CC2)CC3)cc1. The number of benzene rings is 1. The summed E-state index contributed by atoms with van der Waals surface area (Å²) in [6.07, 6.45) is 10.7. The minimum atomic E-state index is -0.428. The normalized spacial score (nSPS) is 26.0. The first-order chi connectivity index (χ1) is 16.5. The summed E-state index contributed by atoms with van der Waals surface area (Å²) in [5.41, 5.74) is 8.71. The van der Waals surface area contributed by atoms with Crippen molar-refractivity contribution in [1.29, 1.82) is 0 Å². The molecule has 0 saturated heterocycles. The van der Waals surface area contributed by atoms with Crippen LogP contribution >= 0.6 is 0 Å². The van der Waals surface area contributed by atoms with Gasteiger partial charge in [-0.15, -0.1) is 0 Å². The zero-order valence-electron chi connectivity index (χ0n) is 19.4. The number of carbonyl (C=O) groups is 2. The Morgan fingerprint density at radius 1 is 0.912 bits per heavy atom. The maximum atomic E-state index is 13.2. The summed E-state index contributed by atoms with van der Waals surface area (Å²) in [5, 5.41) is 9.37. The molecule has 0 unspecified atom stereocenters. The molecule has 6 rings (SSSR count). The van der Waals surface area contributed by atoms with Gasteiger partial charge in [0.2, 0.25) is 11.8 Å². The summed E-state index contributed by atoms with van der Waals surface area (Å²) in [6, 6.07) is 7.66. The minimum Gasteiger partial charge on any atom is -0.326 e. The molecule has 178 valence electrons. The molecule has 0 radical (unpaired) electrons. The van der Waals surface area contributed by atoms with Gasteiger partial charge in [-0.3, -0.25) is 14.6 Å². The highest BCUT2D eigenvalue weighted by Gasteiger charge is 2.55. The summed E-state index contributed by atoms with van der Waals surface area (Å²) in [7, 11) is 0. The standard InChI is InChI=1S/C26H32N6O2/c27-15-18-1-3-20(4-2-18)31-23(33)25-7-10-26(11-8-25,12-9-25)24(34)32-22-17-29-21(16-30-22)19-5-13-28-14-6-19/h1-5,16-17,28H,6-15,27H2,(H,31,33)(H,30,32,34). The fraction of sp³-hybridized carbons (Fsp3) is 0.462. The van der Waals surface area contributed by atoms with E-state index >= 15 is 0 Å². The topological polar surface area (TPSA) is 122 Å². The lowest BCUT2D eigenvalue weighted by Gasteiger charge is -2.51. The smallest absolute Gasteiger partial charge is 0.231 e. The summed E-state index contributed by atoms with van der Waals surface area (Å²) < 4.78 is 0. The molecule has 2 amide bonds. The number of hydrogen-bond acceptors (Lipinski definition) is 6. The molecule has 5 N–H and O–H groups in total. The molecule has 1 aromatic carbocycles. The van der Waals surface area contributed by atoms with Crippen molar-refractivity contribution in [3.8, 4) is 0 Å². The summed E-state index contributed by atoms with van der Waals surface area (Å²) in [4.78, 5) is 35.4. The molecule has 3 fully saturated rings. The van der Waals surface area contributed by atoms with Gasteiger partial charge in [0.05, 0.1) is 18.1 Å². The molecule has 34 heavy (non-hydrogen) atoms. The predicted octanol–water partition coefficient (Wildman–Crippen LogP) is 3.23. The van der Waals surface area contributed by atoms with E-state index < -0.39 is 10.8 Å². The lowest BCUT2D eigenvalue weighted by atomic mass is 9.53. The van der Waals surface area contributed by atoms with E-state index in [1.807, 2.05) is 24.3 Å². The number of carbonyl (C=O) groups excluding carboxylic acids is 2. The van der Waals surface area contributed by atoms with Crippen molar-refractivity contribution in [3.63, 3.8) is 0 Å². The van der Waals surface area contributed by atoms with Crippen LogP contribution in [-0.2, 0) is 16.1 Å². The van der Waals surface area contributed by atoms with Gasteiger partial charge in [-0.25, -0.2) is 4.98 Å². The lowest BCUT2D eigenvalue weighted by molar-refractivity contribution is -0.144. The summed E-state index contributed by atoms with van der Waals surface area (Å²) >= 11 is 0. The molecule has 2 heterocycles. The average Bonchev–Trinajstić information content (AvgIpc) is 2.91. The summed E-state index contributed by atoms with van der Waals surface area (Å²) in [6.45, 7) is 2.26. The molecule has 8 nitrogen and oxygen atoms in total. The second-order valence-corrected chi connectivity index (χ2v) is 9.84. The zero-order chi connectivity index (χ0) is 23.6. The highest BCUT2D eigenvalue weighted by Crippen LogP contribution is 2.57. The van der Waals surface area contributed by atoms with Crippen molar-refractivity contribution in [2.45, 2.75) is 51.5 Å². The Morgan fingerprint density at radius 3 is 2.09 bits per heavy atom. The van der Waals surface area contributed by atoms with Gasteiger partial charge in [-0.05, 0) is 74.8 Å². The van der Waals surface area contributed by atoms with Crippen LogP contribution in [0.25, 0.3) is 5.57 Å². The minimum absolute atomic E-state index is 0.00159. The van der Waals surface area contributed by atoms with Gasteiger partial charge < -0.3 is 21.7 Å². The maximum absolute atomic E-state index is 13.2. The van der Waals surface area contributed by atoms with Gasteiger partial charge >= 0.3 is 0 Å². The fourth-order valence-corrected chi connectivity index (χ4v) is 5.52. The Hall–Kier alpha value is -3.10. The van der Waals surface area contributed by atoms with Crippen LogP contribution in [0.2, 0.25) is 0 Å². The van der Waals surface area contributed by atoms with Crippen molar-refractivity contribution in [2.24, 2.45) is 16.6 Å². The van der Waals surface area contributed by atoms with Crippen molar-refractivity contribution >= 4 is 28.9 Å². The fourth-order valence-electron chi connectivity index (χ4n) is 5.52. The Bertz CT molecular complexity index is 1070. The van der Waals surface area contributed by atoms with E-state index in [9.17, 15) is 9.59 Å². The average molecular weight is 461 g/mol. The van der Waals surface area contributed by atoms with Crippen LogP contribution in [0.1, 0.15) is 56.2 Å². The summed E-state index contributed by atoms with van der Waals surface area (Å²) in [5.74, 6) is 0.552. The number of nitrogens with zero attached hydrogens (tertiary/aromatic N) is 2. The Morgan fingerprint density at radius 2 is 1.56 bits per heavy atom. The second-order valence-electron chi connectivity index (χ2n) is 9.84. The molecule has 1 aromatic heterocycles. The van der Waals surface area contributed by atoms with Gasteiger partial charge in [-0.2, -0.15) is 0 Å². The number of rotatable bonds is 6. The van der Waals surface area contributed by atoms with Gasteiger partial charge in [0.15, 0.2) is 5.82 Å². The van der Waals surface area contributed by atoms with Crippen LogP contribution < -0.4 is 21.7 Å².